The van der Waals surface area contributed by atoms with Crippen molar-refractivity contribution < 1.29 is 9.90 Å². The van der Waals surface area contributed by atoms with Gasteiger partial charge in [-0.2, -0.15) is 0 Å². The van der Waals surface area contributed by atoms with Gasteiger partial charge in [0.15, 0.2) is 0 Å². The molecule has 2 aliphatic heterocycles. The predicted octanol–water partition coefficient (Wildman–Crippen LogP) is 1.03. The van der Waals surface area contributed by atoms with Crippen LogP contribution in [0.4, 0.5) is 17.3 Å². The zero-order valence-corrected chi connectivity index (χ0v) is 15.8. The Morgan fingerprint density at radius 1 is 1.25 bits per heavy atom. The topological polar surface area (TPSA) is 108 Å². The normalized spacial score (nSPS) is 21.9. The zero-order valence-electron chi connectivity index (χ0n) is 15.8. The van der Waals surface area contributed by atoms with Crippen molar-refractivity contribution in [2.45, 2.75) is 31.4 Å². The van der Waals surface area contributed by atoms with E-state index in [1.807, 2.05) is 23.1 Å². The number of aliphatic hydroxyl groups is 1. The summed E-state index contributed by atoms with van der Waals surface area (Å²) >= 11 is 0. The summed E-state index contributed by atoms with van der Waals surface area (Å²) in [6.07, 6.45) is 3.91. The second-order valence-corrected chi connectivity index (χ2v) is 7.45. The van der Waals surface area contributed by atoms with E-state index in [9.17, 15) is 9.90 Å². The number of rotatable bonds is 5. The smallest absolute Gasteiger partial charge is 0.251 e. The third-order valence-corrected chi connectivity index (χ3v) is 5.44. The Balaban J connectivity index is 1.41. The van der Waals surface area contributed by atoms with Crippen LogP contribution in [0.3, 0.4) is 0 Å². The quantitative estimate of drug-likeness (QED) is 0.709. The molecule has 2 atom stereocenters. The fourth-order valence-electron chi connectivity index (χ4n) is 4.02. The van der Waals surface area contributed by atoms with Crippen LogP contribution in [0, 0.1) is 0 Å². The number of amides is 1. The molecule has 3 heterocycles. The third kappa shape index (κ3) is 4.01. The maximum absolute atomic E-state index is 12.7. The van der Waals surface area contributed by atoms with Crippen LogP contribution in [0.1, 0.15) is 29.6 Å². The first kappa shape index (κ1) is 18.5. The number of benzene rings is 1. The number of anilines is 3. The summed E-state index contributed by atoms with van der Waals surface area (Å²) in [4.78, 5) is 25.1. The number of carbonyl (C=O) groups is 1. The molecule has 28 heavy (non-hydrogen) atoms. The van der Waals surface area contributed by atoms with Crippen molar-refractivity contribution in [2.24, 2.45) is 0 Å². The number of nitrogen functional groups attached to an aromatic ring is 1. The SMILES string of the molecule is Nc1cc(N2C[C@H](O)C[C@@H]2CNC(=O)c2cccc(N3CCCC3)c2)ncn1. The van der Waals surface area contributed by atoms with Crippen LogP contribution >= 0.6 is 0 Å². The maximum atomic E-state index is 12.7. The van der Waals surface area contributed by atoms with Gasteiger partial charge in [0.05, 0.1) is 12.1 Å². The molecule has 0 radical (unpaired) electrons. The van der Waals surface area contributed by atoms with Gasteiger partial charge in [0.25, 0.3) is 5.91 Å². The fourth-order valence-corrected chi connectivity index (χ4v) is 4.02. The molecule has 2 aliphatic rings. The van der Waals surface area contributed by atoms with Crippen molar-refractivity contribution in [1.29, 1.82) is 0 Å². The van der Waals surface area contributed by atoms with Gasteiger partial charge in [-0.3, -0.25) is 4.79 Å². The van der Waals surface area contributed by atoms with Crippen LogP contribution in [-0.2, 0) is 0 Å². The summed E-state index contributed by atoms with van der Waals surface area (Å²) in [6, 6.07) is 9.41. The molecule has 0 unspecified atom stereocenters. The van der Waals surface area contributed by atoms with E-state index < -0.39 is 6.10 Å². The molecule has 0 aliphatic carbocycles. The number of nitrogens with zero attached hydrogens (tertiary/aromatic N) is 4. The van der Waals surface area contributed by atoms with Crippen molar-refractivity contribution >= 4 is 23.2 Å². The van der Waals surface area contributed by atoms with Gasteiger partial charge in [0.2, 0.25) is 0 Å². The minimum absolute atomic E-state index is 0.0463. The molecular weight excluding hydrogens is 356 g/mol. The minimum Gasteiger partial charge on any atom is -0.391 e. The molecule has 2 fully saturated rings. The average Bonchev–Trinajstić information content (AvgIpc) is 3.36. The first-order valence-corrected chi connectivity index (χ1v) is 9.75. The van der Waals surface area contributed by atoms with E-state index in [0.29, 0.717) is 36.7 Å². The molecule has 0 bridgehead atoms. The van der Waals surface area contributed by atoms with Crippen molar-refractivity contribution in [3.8, 4) is 0 Å². The summed E-state index contributed by atoms with van der Waals surface area (Å²) < 4.78 is 0. The van der Waals surface area contributed by atoms with Crippen molar-refractivity contribution in [3.63, 3.8) is 0 Å². The van der Waals surface area contributed by atoms with E-state index in [4.69, 9.17) is 5.73 Å². The number of aliphatic hydroxyl groups excluding tert-OH is 1. The third-order valence-electron chi connectivity index (χ3n) is 5.44. The van der Waals surface area contributed by atoms with Gasteiger partial charge in [0, 0.05) is 43.5 Å². The maximum Gasteiger partial charge on any atom is 0.251 e. The van der Waals surface area contributed by atoms with Gasteiger partial charge in [-0.15, -0.1) is 0 Å². The molecule has 148 valence electrons. The standard InChI is InChI=1S/C20H26N6O2/c21-18-10-19(24-13-23-18)26-12-17(27)9-16(26)11-22-20(28)14-4-3-5-15(8-14)25-6-1-2-7-25/h3-5,8,10,13,16-17,27H,1-2,6-7,9,11-12H2,(H,22,28)(H2,21,23,24)/t16-,17-/m1/s1. The van der Waals surface area contributed by atoms with Crippen molar-refractivity contribution in [1.82, 2.24) is 15.3 Å². The largest absolute Gasteiger partial charge is 0.391 e. The second-order valence-electron chi connectivity index (χ2n) is 7.45. The summed E-state index contributed by atoms with van der Waals surface area (Å²) in [5, 5.41) is 13.1. The first-order valence-electron chi connectivity index (χ1n) is 9.75. The Kier molecular flexibility index (Phi) is 5.29. The van der Waals surface area contributed by atoms with Gasteiger partial charge >= 0.3 is 0 Å². The number of hydrogen-bond acceptors (Lipinski definition) is 7. The molecular formula is C20H26N6O2. The summed E-state index contributed by atoms with van der Waals surface area (Å²) in [6.45, 7) is 2.97. The van der Waals surface area contributed by atoms with Gasteiger partial charge in [0.1, 0.15) is 18.0 Å². The molecule has 1 aromatic carbocycles. The Labute approximate surface area is 164 Å². The highest BCUT2D eigenvalue weighted by Gasteiger charge is 2.32. The Bertz CT molecular complexity index is 839. The number of aromatic nitrogens is 2. The van der Waals surface area contributed by atoms with E-state index in [-0.39, 0.29) is 11.9 Å². The Hall–Kier alpha value is -2.87. The van der Waals surface area contributed by atoms with Crippen LogP contribution in [0.5, 0.6) is 0 Å². The number of β-amino-alcohol motifs (C(OH)–C–C–N with tert-alkyl or cyclic N) is 1. The molecule has 8 heteroatoms. The number of hydrogen-bond donors (Lipinski definition) is 3. The van der Waals surface area contributed by atoms with Crippen LogP contribution in [0.2, 0.25) is 0 Å². The Morgan fingerprint density at radius 2 is 2.07 bits per heavy atom. The first-order chi connectivity index (χ1) is 13.6. The molecule has 8 nitrogen and oxygen atoms in total. The molecule has 1 amide bonds. The molecule has 0 spiro atoms. The van der Waals surface area contributed by atoms with E-state index in [1.165, 1.54) is 19.2 Å². The Morgan fingerprint density at radius 3 is 2.86 bits per heavy atom. The van der Waals surface area contributed by atoms with Crippen LogP contribution in [0.15, 0.2) is 36.7 Å². The zero-order chi connectivity index (χ0) is 19.5. The molecule has 1 aromatic heterocycles. The second kappa shape index (κ2) is 8.02. The summed E-state index contributed by atoms with van der Waals surface area (Å²) in [5.41, 5.74) is 7.51. The van der Waals surface area contributed by atoms with Gasteiger partial charge < -0.3 is 26.0 Å². The predicted molar refractivity (Wildman–Crippen MR) is 108 cm³/mol. The average molecular weight is 382 g/mol. The number of carbonyl (C=O) groups excluding carboxylic acids is 1. The van der Waals surface area contributed by atoms with E-state index in [0.717, 1.165) is 18.8 Å². The van der Waals surface area contributed by atoms with Crippen molar-refractivity contribution in [2.75, 3.05) is 41.7 Å². The monoisotopic (exact) mass is 382 g/mol. The fraction of sp³-hybridized carbons (Fsp3) is 0.450. The number of nitrogens with two attached hydrogens (primary N) is 1. The highest BCUT2D eigenvalue weighted by atomic mass is 16.3. The lowest BCUT2D eigenvalue weighted by molar-refractivity contribution is 0.0950. The van der Waals surface area contributed by atoms with E-state index in [2.05, 4.69) is 26.3 Å². The van der Waals surface area contributed by atoms with Crippen LogP contribution in [-0.4, -0.2) is 59.3 Å². The van der Waals surface area contributed by atoms with Crippen LogP contribution in [0.25, 0.3) is 0 Å². The number of nitrogens with one attached hydrogen (secondary N) is 1. The lowest BCUT2D eigenvalue weighted by Gasteiger charge is -2.25. The van der Waals surface area contributed by atoms with E-state index >= 15 is 0 Å². The summed E-state index contributed by atoms with van der Waals surface area (Å²) in [7, 11) is 0. The van der Waals surface area contributed by atoms with Gasteiger partial charge in [-0.05, 0) is 37.5 Å². The molecule has 2 aromatic rings. The minimum atomic E-state index is -0.461. The van der Waals surface area contributed by atoms with Crippen LogP contribution < -0.4 is 20.9 Å². The molecule has 2 saturated heterocycles. The summed E-state index contributed by atoms with van der Waals surface area (Å²) in [5.74, 6) is 0.942. The van der Waals surface area contributed by atoms with Crippen molar-refractivity contribution in [3.05, 3.63) is 42.2 Å². The lowest BCUT2D eigenvalue weighted by atomic mass is 10.1. The molecule has 4 N–H and O–H groups in total. The molecule has 0 saturated carbocycles. The van der Waals surface area contributed by atoms with E-state index in [1.54, 1.807) is 6.07 Å². The van der Waals surface area contributed by atoms with Gasteiger partial charge in [-0.1, -0.05) is 6.07 Å². The molecule has 4 rings (SSSR count). The lowest BCUT2D eigenvalue weighted by Crippen LogP contribution is -2.40. The van der Waals surface area contributed by atoms with Gasteiger partial charge in [-0.25, -0.2) is 9.97 Å². The highest BCUT2D eigenvalue weighted by molar-refractivity contribution is 5.95. The highest BCUT2D eigenvalue weighted by Crippen LogP contribution is 2.25.